The number of benzene rings is 2. The molecule has 2 aromatic carbocycles. The fourth-order valence-corrected chi connectivity index (χ4v) is 3.49. The molecule has 11 heteroatoms. The van der Waals surface area contributed by atoms with Gasteiger partial charge in [-0.15, -0.1) is 0 Å². The smallest absolute Gasteiger partial charge is 0.229 e. The van der Waals surface area contributed by atoms with Gasteiger partial charge in [0.15, 0.2) is 28.8 Å². The van der Waals surface area contributed by atoms with Crippen LogP contribution in [0.3, 0.4) is 0 Å². The van der Waals surface area contributed by atoms with Crippen LogP contribution in [0.25, 0.3) is 6.08 Å². The average molecular weight is 492 g/mol. The summed E-state index contributed by atoms with van der Waals surface area (Å²) in [5, 5.41) is 49.4. The first-order valence-electron chi connectivity index (χ1n) is 10.6. The molecular weight excluding hydrogens is 464 g/mol. The molecule has 5 atom stereocenters. The van der Waals surface area contributed by atoms with Crippen LogP contribution in [0.1, 0.15) is 15.9 Å². The lowest BCUT2D eigenvalue weighted by Crippen LogP contribution is -2.60. The van der Waals surface area contributed by atoms with Crippen LogP contribution in [0.15, 0.2) is 36.4 Å². The maximum absolute atomic E-state index is 12.7. The van der Waals surface area contributed by atoms with E-state index in [1.54, 1.807) is 12.1 Å². The second kappa shape index (κ2) is 11.4. The molecule has 3 rings (SSSR count). The predicted molar refractivity (Wildman–Crippen MR) is 122 cm³/mol. The van der Waals surface area contributed by atoms with Crippen molar-refractivity contribution in [3.8, 4) is 28.7 Å². The molecule has 5 N–H and O–H groups in total. The fourth-order valence-electron chi connectivity index (χ4n) is 3.49. The SMILES string of the molecule is COc1cc(C(=O)/C=C/c2cc(OC)c(O)c(OC)c2)ccc1O[C@@H]1O[C@H](CO)[C@@H](O)[C@H](O)[C@H]1O. The first kappa shape index (κ1) is 26.3. The van der Waals surface area contributed by atoms with Crippen LogP contribution in [0.2, 0.25) is 0 Å². The summed E-state index contributed by atoms with van der Waals surface area (Å²) in [6.07, 6.45) is -4.40. The quantitative estimate of drug-likeness (QED) is 0.244. The maximum atomic E-state index is 12.7. The Morgan fingerprint density at radius 3 is 2.11 bits per heavy atom. The second-order valence-corrected chi connectivity index (χ2v) is 7.65. The number of aromatic hydroxyl groups is 1. The van der Waals surface area contributed by atoms with E-state index in [1.165, 1.54) is 51.7 Å². The van der Waals surface area contributed by atoms with Gasteiger partial charge in [0, 0.05) is 5.56 Å². The van der Waals surface area contributed by atoms with Crippen LogP contribution in [0.5, 0.6) is 28.7 Å². The number of ether oxygens (including phenoxy) is 5. The van der Waals surface area contributed by atoms with Crippen LogP contribution in [-0.4, -0.2) is 90.0 Å². The Hall–Kier alpha value is -3.35. The first-order valence-corrected chi connectivity index (χ1v) is 10.6. The van der Waals surface area contributed by atoms with Crippen LogP contribution >= 0.6 is 0 Å². The van der Waals surface area contributed by atoms with Crippen LogP contribution < -0.4 is 18.9 Å². The molecule has 1 saturated heterocycles. The third-order valence-corrected chi connectivity index (χ3v) is 5.47. The molecular formula is C24H28O11. The Kier molecular flexibility index (Phi) is 8.54. The third kappa shape index (κ3) is 5.66. The molecule has 1 fully saturated rings. The molecule has 1 heterocycles. The van der Waals surface area contributed by atoms with E-state index >= 15 is 0 Å². The van der Waals surface area contributed by atoms with E-state index < -0.39 is 37.3 Å². The minimum Gasteiger partial charge on any atom is -0.502 e. The molecule has 35 heavy (non-hydrogen) atoms. The van der Waals surface area contributed by atoms with Crippen molar-refractivity contribution in [1.82, 2.24) is 0 Å². The van der Waals surface area contributed by atoms with Crippen molar-refractivity contribution in [2.24, 2.45) is 0 Å². The molecule has 0 bridgehead atoms. The summed E-state index contributed by atoms with van der Waals surface area (Å²) in [5.74, 6) is 0.104. The Balaban J connectivity index is 1.79. The number of aliphatic hydroxyl groups is 4. The zero-order valence-electron chi connectivity index (χ0n) is 19.3. The summed E-state index contributed by atoms with van der Waals surface area (Å²) in [7, 11) is 4.15. The molecule has 190 valence electrons. The van der Waals surface area contributed by atoms with Crippen molar-refractivity contribution in [3.05, 3.63) is 47.5 Å². The second-order valence-electron chi connectivity index (χ2n) is 7.65. The van der Waals surface area contributed by atoms with Gasteiger partial charge in [-0.25, -0.2) is 0 Å². The van der Waals surface area contributed by atoms with Crippen LogP contribution in [-0.2, 0) is 4.74 Å². The van der Waals surface area contributed by atoms with Gasteiger partial charge in [0.2, 0.25) is 12.0 Å². The van der Waals surface area contributed by atoms with Gasteiger partial charge < -0.3 is 49.2 Å². The van der Waals surface area contributed by atoms with E-state index in [1.807, 2.05) is 0 Å². The number of phenolic OH excluding ortho intramolecular Hbond substituents is 1. The number of hydrogen-bond donors (Lipinski definition) is 5. The van der Waals surface area contributed by atoms with E-state index in [9.17, 15) is 30.3 Å². The molecule has 0 aliphatic carbocycles. The normalized spacial score (nSPS) is 24.3. The summed E-state index contributed by atoms with van der Waals surface area (Å²) < 4.78 is 26.5. The molecule has 0 radical (unpaired) electrons. The minimum absolute atomic E-state index is 0.102. The molecule has 2 aromatic rings. The summed E-state index contributed by atoms with van der Waals surface area (Å²) in [4.78, 5) is 12.7. The van der Waals surface area contributed by atoms with Crippen molar-refractivity contribution in [1.29, 1.82) is 0 Å². The predicted octanol–water partition coefficient (Wildman–Crippen LogP) is 0.493. The van der Waals surface area contributed by atoms with Gasteiger partial charge in [-0.3, -0.25) is 4.79 Å². The van der Waals surface area contributed by atoms with Gasteiger partial charge in [-0.2, -0.15) is 0 Å². The van der Waals surface area contributed by atoms with Gasteiger partial charge in [-0.05, 0) is 42.0 Å². The number of rotatable bonds is 9. The highest BCUT2D eigenvalue weighted by atomic mass is 16.7. The number of methoxy groups -OCH3 is 3. The van der Waals surface area contributed by atoms with E-state index in [0.717, 1.165) is 0 Å². The number of hydrogen-bond acceptors (Lipinski definition) is 11. The topological polar surface area (TPSA) is 164 Å². The largest absolute Gasteiger partial charge is 0.502 e. The molecule has 1 aliphatic rings. The van der Waals surface area contributed by atoms with Crippen molar-refractivity contribution >= 4 is 11.9 Å². The Bertz CT molecular complexity index is 1040. The third-order valence-electron chi connectivity index (χ3n) is 5.47. The average Bonchev–Trinajstić information content (AvgIpc) is 2.88. The highest BCUT2D eigenvalue weighted by Gasteiger charge is 2.45. The monoisotopic (exact) mass is 492 g/mol. The van der Waals surface area contributed by atoms with Crippen LogP contribution in [0.4, 0.5) is 0 Å². The summed E-state index contributed by atoms with van der Waals surface area (Å²) >= 11 is 0. The number of phenols is 1. The Morgan fingerprint density at radius 2 is 1.54 bits per heavy atom. The standard InChI is InChI=1S/C24H28O11/c1-31-16-10-13(14(26)6-4-12-8-17(32-2)20(27)18(9-12)33-3)5-7-15(16)34-24-23(30)22(29)21(28)19(11-25)35-24/h4-10,19,21-25,27-30H,11H2,1-3H3/b6-4+/t19-,21-,22+,23-,24-/m1/s1. The lowest BCUT2D eigenvalue weighted by molar-refractivity contribution is -0.277. The zero-order chi connectivity index (χ0) is 25.7. The minimum atomic E-state index is -1.60. The lowest BCUT2D eigenvalue weighted by atomic mass is 9.99. The molecule has 0 amide bonds. The Labute approximate surface area is 201 Å². The molecule has 0 unspecified atom stereocenters. The Morgan fingerprint density at radius 1 is 0.914 bits per heavy atom. The van der Waals surface area contributed by atoms with Gasteiger partial charge in [-0.1, -0.05) is 6.08 Å². The maximum Gasteiger partial charge on any atom is 0.229 e. The molecule has 11 nitrogen and oxygen atoms in total. The highest BCUT2D eigenvalue weighted by molar-refractivity contribution is 6.07. The van der Waals surface area contributed by atoms with Crippen molar-refractivity contribution in [3.63, 3.8) is 0 Å². The van der Waals surface area contributed by atoms with E-state index in [-0.39, 0.29) is 40.1 Å². The number of carbonyl (C=O) groups excluding carboxylic acids is 1. The molecule has 0 saturated carbocycles. The summed E-state index contributed by atoms with van der Waals surface area (Å²) in [6.45, 7) is -0.597. The van der Waals surface area contributed by atoms with Crippen molar-refractivity contribution < 1.29 is 54.0 Å². The van der Waals surface area contributed by atoms with E-state index in [0.29, 0.717) is 5.56 Å². The summed E-state index contributed by atoms with van der Waals surface area (Å²) in [5.41, 5.74) is 0.816. The molecule has 0 aromatic heterocycles. The number of allylic oxidation sites excluding steroid dienone is 1. The van der Waals surface area contributed by atoms with Crippen molar-refractivity contribution in [2.75, 3.05) is 27.9 Å². The van der Waals surface area contributed by atoms with E-state index in [2.05, 4.69) is 0 Å². The molecule has 0 spiro atoms. The van der Waals surface area contributed by atoms with Gasteiger partial charge in [0.05, 0.1) is 27.9 Å². The fraction of sp³-hybridized carbons (Fsp3) is 0.375. The lowest BCUT2D eigenvalue weighted by Gasteiger charge is -2.39. The first-order chi connectivity index (χ1) is 16.7. The van der Waals surface area contributed by atoms with Gasteiger partial charge in [0.1, 0.15) is 24.4 Å². The van der Waals surface area contributed by atoms with Crippen molar-refractivity contribution in [2.45, 2.75) is 30.7 Å². The number of ketones is 1. The van der Waals surface area contributed by atoms with E-state index in [4.69, 9.17) is 23.7 Å². The number of aliphatic hydroxyl groups excluding tert-OH is 4. The summed E-state index contributed by atoms with van der Waals surface area (Å²) in [6, 6.07) is 7.39. The van der Waals surface area contributed by atoms with Crippen LogP contribution in [0, 0.1) is 0 Å². The zero-order valence-corrected chi connectivity index (χ0v) is 19.3. The number of carbonyl (C=O) groups is 1. The van der Waals surface area contributed by atoms with Gasteiger partial charge in [0.25, 0.3) is 0 Å². The highest BCUT2D eigenvalue weighted by Crippen LogP contribution is 2.37. The molecule has 1 aliphatic heterocycles. The van der Waals surface area contributed by atoms with Gasteiger partial charge >= 0.3 is 0 Å².